The van der Waals surface area contributed by atoms with Crippen LogP contribution >= 0.6 is 0 Å². The zero-order valence-corrected chi connectivity index (χ0v) is 5.56. The molecule has 0 amide bonds. The Balaban J connectivity index is 2.31. The molecule has 0 saturated carbocycles. The standard InChI is InChI=1S/C7H6O4/c8-5-1-2-10-7-4(5)3-6(9)11-7/h1-3,5,7-8H. The summed E-state index contributed by atoms with van der Waals surface area (Å²) in [4.78, 5) is 10.6. The fraction of sp³-hybridized carbons (Fsp3) is 0.286. The van der Waals surface area contributed by atoms with Crippen LogP contribution in [0.3, 0.4) is 0 Å². The van der Waals surface area contributed by atoms with Crippen molar-refractivity contribution in [2.45, 2.75) is 12.4 Å². The van der Waals surface area contributed by atoms with E-state index in [1.54, 1.807) is 0 Å². The van der Waals surface area contributed by atoms with Crippen molar-refractivity contribution in [2.75, 3.05) is 0 Å². The summed E-state index contributed by atoms with van der Waals surface area (Å²) in [5, 5.41) is 9.23. The van der Waals surface area contributed by atoms with Crippen LogP contribution in [0.1, 0.15) is 0 Å². The molecular weight excluding hydrogens is 148 g/mol. The van der Waals surface area contributed by atoms with Crippen LogP contribution in [0.5, 0.6) is 0 Å². The van der Waals surface area contributed by atoms with Crippen LogP contribution in [0.4, 0.5) is 0 Å². The number of hydrogen-bond acceptors (Lipinski definition) is 4. The van der Waals surface area contributed by atoms with Crippen LogP contribution in [0.2, 0.25) is 0 Å². The Hall–Kier alpha value is -1.29. The number of rotatable bonds is 0. The van der Waals surface area contributed by atoms with E-state index in [2.05, 4.69) is 4.74 Å². The summed E-state index contributed by atoms with van der Waals surface area (Å²) < 4.78 is 9.56. The summed E-state index contributed by atoms with van der Waals surface area (Å²) in [5.41, 5.74) is 0.470. The van der Waals surface area contributed by atoms with E-state index in [0.29, 0.717) is 5.57 Å². The van der Waals surface area contributed by atoms with Gasteiger partial charge in [0.2, 0.25) is 0 Å². The van der Waals surface area contributed by atoms with Crippen molar-refractivity contribution >= 4 is 5.97 Å². The van der Waals surface area contributed by atoms with Crippen molar-refractivity contribution in [2.24, 2.45) is 0 Å². The molecule has 4 nitrogen and oxygen atoms in total. The molecule has 2 rings (SSSR count). The van der Waals surface area contributed by atoms with Crippen LogP contribution in [0, 0.1) is 0 Å². The van der Waals surface area contributed by atoms with E-state index < -0.39 is 18.4 Å². The van der Waals surface area contributed by atoms with Gasteiger partial charge in [0.05, 0.1) is 6.26 Å². The third-order valence-electron chi connectivity index (χ3n) is 1.58. The Labute approximate surface area is 62.7 Å². The van der Waals surface area contributed by atoms with E-state index in [4.69, 9.17) is 4.74 Å². The van der Waals surface area contributed by atoms with E-state index >= 15 is 0 Å². The van der Waals surface area contributed by atoms with Gasteiger partial charge < -0.3 is 14.6 Å². The lowest BCUT2D eigenvalue weighted by molar-refractivity contribution is -0.153. The lowest BCUT2D eigenvalue weighted by Gasteiger charge is -2.19. The highest BCUT2D eigenvalue weighted by Crippen LogP contribution is 2.24. The molecule has 0 aromatic carbocycles. The molecular formula is C7H6O4. The van der Waals surface area contributed by atoms with Gasteiger partial charge in [-0.2, -0.15) is 0 Å². The Morgan fingerprint density at radius 3 is 3.09 bits per heavy atom. The molecule has 4 heteroatoms. The highest BCUT2D eigenvalue weighted by Gasteiger charge is 2.33. The lowest BCUT2D eigenvalue weighted by atomic mass is 10.1. The third kappa shape index (κ3) is 0.914. The second-order valence-corrected chi connectivity index (χ2v) is 2.32. The summed E-state index contributed by atoms with van der Waals surface area (Å²) in [6.07, 6.45) is 2.57. The average molecular weight is 154 g/mol. The predicted molar refractivity (Wildman–Crippen MR) is 34.2 cm³/mol. The van der Waals surface area contributed by atoms with Gasteiger partial charge in [-0.05, 0) is 6.08 Å². The number of carbonyl (C=O) groups is 1. The minimum absolute atomic E-state index is 0.465. The third-order valence-corrected chi connectivity index (χ3v) is 1.58. The summed E-state index contributed by atoms with van der Waals surface area (Å²) in [7, 11) is 0. The van der Waals surface area contributed by atoms with Gasteiger partial charge in [0.15, 0.2) is 0 Å². The molecule has 0 aromatic heterocycles. The fourth-order valence-corrected chi connectivity index (χ4v) is 1.05. The van der Waals surface area contributed by atoms with Crippen LogP contribution in [0.15, 0.2) is 24.0 Å². The van der Waals surface area contributed by atoms with E-state index in [1.165, 1.54) is 18.4 Å². The second kappa shape index (κ2) is 2.10. The van der Waals surface area contributed by atoms with Gasteiger partial charge in [-0.15, -0.1) is 0 Å². The van der Waals surface area contributed by atoms with Crippen molar-refractivity contribution in [3.8, 4) is 0 Å². The maximum absolute atomic E-state index is 10.6. The van der Waals surface area contributed by atoms with Crippen LogP contribution < -0.4 is 0 Å². The van der Waals surface area contributed by atoms with Crippen molar-refractivity contribution in [3.63, 3.8) is 0 Å². The van der Waals surface area contributed by atoms with E-state index in [1.807, 2.05) is 0 Å². The van der Waals surface area contributed by atoms with Crippen LogP contribution in [-0.2, 0) is 14.3 Å². The molecule has 0 aliphatic carbocycles. The Kier molecular flexibility index (Phi) is 1.22. The first-order valence-corrected chi connectivity index (χ1v) is 3.19. The molecule has 0 saturated heterocycles. The Morgan fingerprint density at radius 1 is 1.55 bits per heavy atom. The fourth-order valence-electron chi connectivity index (χ4n) is 1.05. The molecule has 0 radical (unpaired) electrons. The van der Waals surface area contributed by atoms with Crippen LogP contribution in [0.25, 0.3) is 0 Å². The summed E-state index contributed by atoms with van der Waals surface area (Å²) in [5.74, 6) is -0.465. The molecule has 0 spiro atoms. The topological polar surface area (TPSA) is 55.8 Å². The van der Waals surface area contributed by atoms with E-state index in [9.17, 15) is 9.90 Å². The minimum Gasteiger partial charge on any atom is -0.459 e. The van der Waals surface area contributed by atoms with Gasteiger partial charge in [-0.25, -0.2) is 4.79 Å². The number of esters is 1. The van der Waals surface area contributed by atoms with Gasteiger partial charge in [0.1, 0.15) is 6.10 Å². The first-order chi connectivity index (χ1) is 5.27. The smallest absolute Gasteiger partial charge is 0.334 e. The van der Waals surface area contributed by atoms with Gasteiger partial charge in [0.25, 0.3) is 6.29 Å². The van der Waals surface area contributed by atoms with Crippen molar-refractivity contribution < 1.29 is 19.4 Å². The highest BCUT2D eigenvalue weighted by molar-refractivity contribution is 5.86. The zero-order valence-electron chi connectivity index (χ0n) is 5.56. The largest absolute Gasteiger partial charge is 0.459 e. The minimum atomic E-state index is -0.750. The second-order valence-electron chi connectivity index (χ2n) is 2.32. The SMILES string of the molecule is O=C1C=C2C(O)C=COC2O1. The molecule has 2 unspecified atom stereocenters. The van der Waals surface area contributed by atoms with Gasteiger partial charge >= 0.3 is 5.97 Å². The zero-order chi connectivity index (χ0) is 7.84. The quantitative estimate of drug-likeness (QED) is 0.487. The highest BCUT2D eigenvalue weighted by atomic mass is 16.7. The molecule has 2 heterocycles. The van der Waals surface area contributed by atoms with Crippen molar-refractivity contribution in [1.82, 2.24) is 0 Å². The van der Waals surface area contributed by atoms with Crippen LogP contribution in [-0.4, -0.2) is 23.5 Å². The van der Waals surface area contributed by atoms with E-state index in [-0.39, 0.29) is 0 Å². The number of ether oxygens (including phenoxy) is 2. The molecule has 0 bridgehead atoms. The number of fused-ring (bicyclic) bond motifs is 1. The molecule has 11 heavy (non-hydrogen) atoms. The Morgan fingerprint density at radius 2 is 2.36 bits per heavy atom. The summed E-state index contributed by atoms with van der Waals surface area (Å²) in [6, 6.07) is 0. The molecule has 1 N–H and O–H groups in total. The first kappa shape index (κ1) is 6.42. The number of aliphatic hydroxyl groups excluding tert-OH is 1. The van der Waals surface area contributed by atoms with E-state index in [0.717, 1.165) is 0 Å². The number of aliphatic hydroxyl groups is 1. The molecule has 0 fully saturated rings. The monoisotopic (exact) mass is 154 g/mol. The molecule has 0 aromatic rings. The van der Waals surface area contributed by atoms with Gasteiger partial charge in [-0.3, -0.25) is 0 Å². The lowest BCUT2D eigenvalue weighted by Crippen LogP contribution is -2.24. The first-order valence-electron chi connectivity index (χ1n) is 3.19. The molecule has 2 aliphatic heterocycles. The van der Waals surface area contributed by atoms with Crippen molar-refractivity contribution in [3.05, 3.63) is 24.0 Å². The maximum Gasteiger partial charge on any atom is 0.334 e. The normalized spacial score (nSPS) is 33.9. The Bertz CT molecular complexity index is 253. The summed E-state index contributed by atoms with van der Waals surface area (Å²) in [6.45, 7) is 0. The number of carbonyl (C=O) groups excluding carboxylic acids is 1. The maximum atomic E-state index is 10.6. The van der Waals surface area contributed by atoms with Gasteiger partial charge in [-0.1, -0.05) is 0 Å². The van der Waals surface area contributed by atoms with Gasteiger partial charge in [0, 0.05) is 11.6 Å². The number of hydrogen-bond donors (Lipinski definition) is 1. The molecule has 2 atom stereocenters. The predicted octanol–water partition coefficient (Wildman–Crippen LogP) is -0.300. The molecule has 58 valence electrons. The average Bonchev–Trinajstić information content (AvgIpc) is 2.31. The van der Waals surface area contributed by atoms with Crippen molar-refractivity contribution in [1.29, 1.82) is 0 Å². The molecule has 2 aliphatic rings. The summed E-state index contributed by atoms with van der Waals surface area (Å²) >= 11 is 0.